The molecule has 2 aromatic carbocycles. The van der Waals surface area contributed by atoms with Crippen molar-refractivity contribution in [2.45, 2.75) is 59.2 Å². The minimum atomic E-state index is -0.658. The maximum atomic E-state index is 13.0. The Morgan fingerprint density at radius 2 is 1.73 bits per heavy atom. The molecular formula is C24H31ClN2O3. The van der Waals surface area contributed by atoms with E-state index >= 15 is 0 Å². The maximum Gasteiger partial charge on any atom is 0.261 e. The van der Waals surface area contributed by atoms with Crippen molar-refractivity contribution in [1.82, 2.24) is 10.2 Å². The highest BCUT2D eigenvalue weighted by Crippen LogP contribution is 2.19. The summed E-state index contributed by atoms with van der Waals surface area (Å²) in [5.41, 5.74) is 1.98. The fraction of sp³-hybridized carbons (Fsp3) is 0.417. The molecule has 2 atom stereocenters. The molecule has 2 amide bonds. The van der Waals surface area contributed by atoms with Crippen molar-refractivity contribution in [3.8, 4) is 5.75 Å². The van der Waals surface area contributed by atoms with Crippen LogP contribution in [0.25, 0.3) is 0 Å². The predicted octanol–water partition coefficient (Wildman–Crippen LogP) is 4.61. The molecule has 0 heterocycles. The predicted molar refractivity (Wildman–Crippen MR) is 121 cm³/mol. The van der Waals surface area contributed by atoms with Gasteiger partial charge in [-0.2, -0.15) is 0 Å². The van der Waals surface area contributed by atoms with Gasteiger partial charge in [-0.05, 0) is 56.0 Å². The lowest BCUT2D eigenvalue weighted by Crippen LogP contribution is -2.50. The van der Waals surface area contributed by atoms with Crippen LogP contribution in [0.2, 0.25) is 5.02 Å². The molecule has 0 bridgehead atoms. The van der Waals surface area contributed by atoms with Gasteiger partial charge >= 0.3 is 0 Å². The summed E-state index contributed by atoms with van der Waals surface area (Å²) in [7, 11) is 0. The standard InChI is InChI=1S/C24H31ClN2O3/c1-5-17(3)26-24(29)18(4)27(15-20-9-7-8-10-22(20)25)23(28)16-30-21-13-11-19(6-2)12-14-21/h7-14,17-18H,5-6,15-16H2,1-4H3,(H,26,29)/t17-,18+/m1/s1. The van der Waals surface area contributed by atoms with Crippen molar-refractivity contribution in [1.29, 1.82) is 0 Å². The minimum absolute atomic E-state index is 0.0329. The Labute approximate surface area is 184 Å². The second-order valence-corrected chi connectivity index (χ2v) is 7.80. The molecule has 162 valence electrons. The van der Waals surface area contributed by atoms with Crippen LogP contribution in [0, 0.1) is 0 Å². The number of nitrogens with zero attached hydrogens (tertiary/aromatic N) is 1. The molecule has 0 aliphatic carbocycles. The van der Waals surface area contributed by atoms with Gasteiger partial charge in [0.2, 0.25) is 5.91 Å². The van der Waals surface area contributed by atoms with Crippen LogP contribution >= 0.6 is 11.6 Å². The number of aryl methyl sites for hydroxylation is 1. The van der Waals surface area contributed by atoms with E-state index in [9.17, 15) is 9.59 Å². The van der Waals surface area contributed by atoms with Gasteiger partial charge in [0.1, 0.15) is 11.8 Å². The largest absolute Gasteiger partial charge is 0.484 e. The zero-order chi connectivity index (χ0) is 22.1. The fourth-order valence-electron chi connectivity index (χ4n) is 2.91. The number of rotatable bonds is 10. The van der Waals surface area contributed by atoms with E-state index < -0.39 is 6.04 Å². The summed E-state index contributed by atoms with van der Waals surface area (Å²) in [6.07, 6.45) is 1.75. The highest BCUT2D eigenvalue weighted by Gasteiger charge is 2.27. The van der Waals surface area contributed by atoms with Crippen LogP contribution in [0.4, 0.5) is 0 Å². The van der Waals surface area contributed by atoms with Crippen molar-refractivity contribution in [3.05, 3.63) is 64.7 Å². The average Bonchev–Trinajstić information content (AvgIpc) is 2.76. The molecule has 5 nitrogen and oxygen atoms in total. The molecule has 0 fully saturated rings. The summed E-state index contributed by atoms with van der Waals surface area (Å²) in [5.74, 6) is 0.147. The maximum absolute atomic E-state index is 13.0. The summed E-state index contributed by atoms with van der Waals surface area (Å²) in [4.78, 5) is 27.2. The monoisotopic (exact) mass is 430 g/mol. The first-order chi connectivity index (χ1) is 14.3. The first-order valence-electron chi connectivity index (χ1n) is 10.4. The Hall–Kier alpha value is -2.53. The van der Waals surface area contributed by atoms with Gasteiger partial charge in [-0.3, -0.25) is 9.59 Å². The lowest BCUT2D eigenvalue weighted by atomic mass is 10.1. The smallest absolute Gasteiger partial charge is 0.261 e. The van der Waals surface area contributed by atoms with Gasteiger partial charge < -0.3 is 15.0 Å². The number of benzene rings is 2. The van der Waals surface area contributed by atoms with E-state index in [1.54, 1.807) is 13.0 Å². The van der Waals surface area contributed by atoms with Crippen molar-refractivity contribution >= 4 is 23.4 Å². The number of hydrogen-bond donors (Lipinski definition) is 1. The number of carbonyl (C=O) groups excluding carboxylic acids is 2. The van der Waals surface area contributed by atoms with E-state index in [0.717, 1.165) is 18.4 Å². The molecule has 0 radical (unpaired) electrons. The highest BCUT2D eigenvalue weighted by atomic mass is 35.5. The summed E-state index contributed by atoms with van der Waals surface area (Å²) in [6, 6.07) is 14.3. The van der Waals surface area contributed by atoms with E-state index in [4.69, 9.17) is 16.3 Å². The van der Waals surface area contributed by atoms with Gasteiger partial charge in [-0.1, -0.05) is 55.8 Å². The molecule has 2 rings (SSSR count). The first-order valence-corrected chi connectivity index (χ1v) is 10.8. The van der Waals surface area contributed by atoms with Gasteiger partial charge in [-0.15, -0.1) is 0 Å². The lowest BCUT2D eigenvalue weighted by Gasteiger charge is -2.30. The van der Waals surface area contributed by atoms with Crippen LogP contribution in [0.3, 0.4) is 0 Å². The van der Waals surface area contributed by atoms with Crippen LogP contribution in [0.15, 0.2) is 48.5 Å². The van der Waals surface area contributed by atoms with E-state index in [0.29, 0.717) is 10.8 Å². The van der Waals surface area contributed by atoms with Crippen LogP contribution in [0.1, 0.15) is 45.2 Å². The van der Waals surface area contributed by atoms with Crippen molar-refractivity contribution in [3.63, 3.8) is 0 Å². The number of hydrogen-bond acceptors (Lipinski definition) is 3. The Bertz CT molecular complexity index is 839. The number of carbonyl (C=O) groups is 2. The summed E-state index contributed by atoms with van der Waals surface area (Å²) in [5, 5.41) is 3.50. The van der Waals surface area contributed by atoms with Crippen LogP contribution in [-0.4, -0.2) is 35.4 Å². The highest BCUT2D eigenvalue weighted by molar-refractivity contribution is 6.31. The average molecular weight is 431 g/mol. The van der Waals surface area contributed by atoms with Gasteiger partial charge in [0, 0.05) is 17.6 Å². The zero-order valence-corrected chi connectivity index (χ0v) is 18.9. The second-order valence-electron chi connectivity index (χ2n) is 7.39. The van der Waals surface area contributed by atoms with Gasteiger partial charge in [-0.25, -0.2) is 0 Å². The summed E-state index contributed by atoms with van der Waals surface area (Å²) < 4.78 is 5.69. The minimum Gasteiger partial charge on any atom is -0.484 e. The van der Waals surface area contributed by atoms with E-state index in [-0.39, 0.29) is 31.0 Å². The Balaban J connectivity index is 2.14. The summed E-state index contributed by atoms with van der Waals surface area (Å²) in [6.45, 7) is 7.82. The molecule has 30 heavy (non-hydrogen) atoms. The van der Waals surface area contributed by atoms with E-state index in [1.165, 1.54) is 10.5 Å². The third-order valence-corrected chi connectivity index (χ3v) is 5.53. The number of amides is 2. The number of halogens is 1. The number of nitrogens with one attached hydrogen (secondary N) is 1. The van der Waals surface area contributed by atoms with Crippen LogP contribution in [-0.2, 0) is 22.6 Å². The van der Waals surface area contributed by atoms with Crippen LogP contribution < -0.4 is 10.1 Å². The molecule has 0 saturated carbocycles. The molecule has 0 spiro atoms. The van der Waals surface area contributed by atoms with E-state index in [1.807, 2.05) is 56.3 Å². The number of ether oxygens (including phenoxy) is 1. The second kappa shape index (κ2) is 11.6. The molecule has 2 aromatic rings. The lowest BCUT2D eigenvalue weighted by molar-refractivity contribution is -0.142. The molecule has 0 aliphatic rings. The molecule has 1 N–H and O–H groups in total. The normalized spacial score (nSPS) is 12.7. The van der Waals surface area contributed by atoms with Crippen molar-refractivity contribution < 1.29 is 14.3 Å². The third kappa shape index (κ3) is 6.77. The Morgan fingerprint density at radius 1 is 1.07 bits per heavy atom. The first kappa shape index (κ1) is 23.7. The molecule has 0 saturated heterocycles. The Kier molecular flexibility index (Phi) is 9.18. The fourth-order valence-corrected chi connectivity index (χ4v) is 3.10. The van der Waals surface area contributed by atoms with Crippen LogP contribution in [0.5, 0.6) is 5.75 Å². The Morgan fingerprint density at radius 3 is 2.33 bits per heavy atom. The summed E-state index contributed by atoms with van der Waals surface area (Å²) >= 11 is 6.30. The molecule has 0 aromatic heterocycles. The zero-order valence-electron chi connectivity index (χ0n) is 18.2. The molecule has 0 aliphatic heterocycles. The van der Waals surface area contributed by atoms with Gasteiger partial charge in [0.15, 0.2) is 6.61 Å². The van der Waals surface area contributed by atoms with Gasteiger partial charge in [0.05, 0.1) is 0 Å². The van der Waals surface area contributed by atoms with Crippen molar-refractivity contribution in [2.24, 2.45) is 0 Å². The molecule has 0 unspecified atom stereocenters. The quantitative estimate of drug-likeness (QED) is 0.598. The molecule has 6 heteroatoms. The van der Waals surface area contributed by atoms with E-state index in [2.05, 4.69) is 12.2 Å². The SMILES string of the molecule is CCc1ccc(OCC(=O)N(Cc2ccccc2Cl)[C@@H](C)C(=O)N[C@H](C)CC)cc1. The molecular weight excluding hydrogens is 400 g/mol. The van der Waals surface area contributed by atoms with Gasteiger partial charge in [0.25, 0.3) is 5.91 Å². The third-order valence-electron chi connectivity index (χ3n) is 5.16. The van der Waals surface area contributed by atoms with Crippen molar-refractivity contribution in [2.75, 3.05) is 6.61 Å². The topological polar surface area (TPSA) is 58.6 Å².